The van der Waals surface area contributed by atoms with Gasteiger partial charge in [0.25, 0.3) is 0 Å². The second-order valence-corrected chi connectivity index (χ2v) is 17.9. The molecule has 70 heavy (non-hydrogen) atoms. The van der Waals surface area contributed by atoms with Gasteiger partial charge in [-0.05, 0) is 37.5 Å². The highest BCUT2D eigenvalue weighted by molar-refractivity contribution is 5.85. The van der Waals surface area contributed by atoms with Gasteiger partial charge in [0.1, 0.15) is 18.7 Å². The SMILES string of the molecule is C#CCOCCOCCOCCNc1nc(N2CCN(C(=O)[C@H](CCC(=O)O)n3cc(C(N)CC(C)C)nn3)CC2)nc(N2CCN(C(=O)[C@H](CCC(=O)O)n3cc(C(N)CC(C)C)nn3)CC2)n1.Cl. The lowest BCUT2D eigenvalue weighted by Gasteiger charge is -2.38. The normalized spacial score (nSPS) is 15.9. The van der Waals surface area contributed by atoms with E-state index in [9.17, 15) is 29.4 Å². The summed E-state index contributed by atoms with van der Waals surface area (Å²) >= 11 is 0. The van der Waals surface area contributed by atoms with Crippen molar-refractivity contribution in [2.24, 2.45) is 23.3 Å². The zero-order chi connectivity index (χ0) is 49.9. The molecular weight excluding hydrogens is 932 g/mol. The van der Waals surface area contributed by atoms with E-state index in [-0.39, 0.29) is 68.6 Å². The standard InChI is InChI=1S/C44H70N16O9.ClH/c1-6-20-67-22-24-69-25-23-68-21-11-47-42-48-43(57-16-12-55(13-17-57)40(65)36(7-9-38(61)62)59-28-34(51-53-59)32(45)26-30(2)3)50-44(49-42)58-18-14-56(15-19-58)41(66)37(8-10-39(63)64)60-29-35(52-54-60)33(46)27-31(4)5;/h1,28-33,36-37H,7-27,45-46H2,2-5H3,(H,61,62)(H,63,64)(H,47,48,49,50);1H/t32?,33?,36-,37-;/m0./s1. The Labute approximate surface area is 414 Å². The predicted octanol–water partition coefficient (Wildman–Crippen LogP) is 1.17. The Morgan fingerprint density at radius 3 is 1.49 bits per heavy atom. The number of carbonyl (C=O) groups is 4. The fourth-order valence-corrected chi connectivity index (χ4v) is 7.94. The number of hydrogen-bond acceptors (Lipinski definition) is 19. The molecule has 2 unspecified atom stereocenters. The first-order valence-electron chi connectivity index (χ1n) is 23.7. The monoisotopic (exact) mass is 1000 g/mol. The van der Waals surface area contributed by atoms with E-state index in [1.807, 2.05) is 37.5 Å². The van der Waals surface area contributed by atoms with Gasteiger partial charge in [0.2, 0.25) is 29.7 Å². The summed E-state index contributed by atoms with van der Waals surface area (Å²) in [5, 5.41) is 39.2. The molecule has 5 heterocycles. The molecule has 0 aromatic carbocycles. The lowest BCUT2D eigenvalue weighted by Crippen LogP contribution is -2.52. The van der Waals surface area contributed by atoms with Crippen LogP contribution in [-0.2, 0) is 33.4 Å². The molecule has 4 atom stereocenters. The summed E-state index contributed by atoms with van der Waals surface area (Å²) in [6.45, 7) is 13.3. The van der Waals surface area contributed by atoms with Crippen molar-refractivity contribution < 1.29 is 43.6 Å². The molecule has 0 aliphatic carbocycles. The van der Waals surface area contributed by atoms with Gasteiger partial charge >= 0.3 is 11.9 Å². The maximum Gasteiger partial charge on any atom is 0.303 e. The number of nitrogens with two attached hydrogens (primary N) is 2. The number of carboxylic acid groups (broad SMARTS) is 2. The first-order valence-corrected chi connectivity index (χ1v) is 23.7. The van der Waals surface area contributed by atoms with Crippen LogP contribution in [0.5, 0.6) is 0 Å². The molecule has 2 fully saturated rings. The number of carbonyl (C=O) groups excluding carboxylic acids is 2. The molecule has 2 aliphatic heterocycles. The van der Waals surface area contributed by atoms with Crippen molar-refractivity contribution in [1.82, 2.24) is 54.7 Å². The summed E-state index contributed by atoms with van der Waals surface area (Å²) < 4.78 is 19.3. The first-order chi connectivity index (χ1) is 33.1. The van der Waals surface area contributed by atoms with Crippen molar-refractivity contribution in [3.8, 4) is 12.3 Å². The van der Waals surface area contributed by atoms with Crippen LogP contribution in [0, 0.1) is 24.2 Å². The number of aromatic nitrogens is 9. The Morgan fingerprint density at radius 2 is 1.09 bits per heavy atom. The van der Waals surface area contributed by atoms with Gasteiger partial charge in [-0.25, -0.2) is 9.36 Å². The van der Waals surface area contributed by atoms with Crippen LogP contribution in [0.4, 0.5) is 17.8 Å². The topological polar surface area (TPSA) is 314 Å². The Balaban J connectivity index is 0.0000107. The first kappa shape index (κ1) is 56.8. The quantitative estimate of drug-likeness (QED) is 0.0481. The molecule has 0 bridgehead atoms. The molecular formula is C44H71ClN16O9. The Kier molecular flexibility index (Phi) is 23.4. The summed E-state index contributed by atoms with van der Waals surface area (Å²) in [6.07, 6.45) is 9.39. The number of rotatable bonds is 29. The van der Waals surface area contributed by atoms with E-state index in [1.54, 1.807) is 22.2 Å². The zero-order valence-electron chi connectivity index (χ0n) is 40.7. The van der Waals surface area contributed by atoms with Gasteiger partial charge in [-0.2, -0.15) is 15.0 Å². The van der Waals surface area contributed by atoms with Gasteiger partial charge in [0, 0.05) is 71.7 Å². The number of terminal acetylenes is 1. The molecule has 25 nitrogen and oxygen atoms in total. The average Bonchev–Trinajstić information content (AvgIpc) is 4.02. The van der Waals surface area contributed by atoms with E-state index in [1.165, 1.54) is 9.36 Å². The van der Waals surface area contributed by atoms with Crippen molar-refractivity contribution in [1.29, 1.82) is 0 Å². The highest BCUT2D eigenvalue weighted by atomic mass is 35.5. The number of nitrogens with one attached hydrogen (secondary N) is 1. The molecule has 26 heteroatoms. The Bertz CT molecular complexity index is 2010. The largest absolute Gasteiger partial charge is 0.481 e. The van der Waals surface area contributed by atoms with Gasteiger partial charge in [0.15, 0.2) is 0 Å². The lowest BCUT2D eigenvalue weighted by atomic mass is 10.0. The van der Waals surface area contributed by atoms with Crippen molar-refractivity contribution in [2.45, 2.75) is 90.4 Å². The third kappa shape index (κ3) is 17.6. The van der Waals surface area contributed by atoms with E-state index in [2.05, 4.69) is 31.9 Å². The average molecular weight is 1000 g/mol. The Morgan fingerprint density at radius 1 is 0.671 bits per heavy atom. The van der Waals surface area contributed by atoms with Crippen LogP contribution < -0.4 is 26.6 Å². The van der Waals surface area contributed by atoms with Crippen LogP contribution in [0.2, 0.25) is 0 Å². The smallest absolute Gasteiger partial charge is 0.303 e. The van der Waals surface area contributed by atoms with Crippen molar-refractivity contribution in [3.63, 3.8) is 0 Å². The molecule has 5 rings (SSSR count). The van der Waals surface area contributed by atoms with E-state index in [0.717, 1.165) is 0 Å². The highest BCUT2D eigenvalue weighted by Gasteiger charge is 2.34. The number of hydrogen-bond donors (Lipinski definition) is 5. The number of amides is 2. The number of carboxylic acids is 2. The fourth-order valence-electron chi connectivity index (χ4n) is 7.94. The third-order valence-corrected chi connectivity index (χ3v) is 11.6. The molecule has 2 aliphatic rings. The summed E-state index contributed by atoms with van der Waals surface area (Å²) in [7, 11) is 0. The molecule has 7 N–H and O–H groups in total. The van der Waals surface area contributed by atoms with Crippen LogP contribution >= 0.6 is 12.4 Å². The van der Waals surface area contributed by atoms with Crippen LogP contribution in [0.1, 0.15) is 102 Å². The second-order valence-electron chi connectivity index (χ2n) is 17.9. The van der Waals surface area contributed by atoms with Gasteiger partial charge in [-0.1, -0.05) is 44.0 Å². The van der Waals surface area contributed by atoms with Gasteiger partial charge in [-0.15, -0.1) is 29.0 Å². The fraction of sp³-hybridized carbons (Fsp3) is 0.705. The summed E-state index contributed by atoms with van der Waals surface area (Å²) in [5.41, 5.74) is 13.8. The maximum absolute atomic E-state index is 14.1. The van der Waals surface area contributed by atoms with Gasteiger partial charge in [-0.3, -0.25) is 19.2 Å². The minimum Gasteiger partial charge on any atom is -0.481 e. The van der Waals surface area contributed by atoms with Crippen molar-refractivity contribution in [2.75, 3.05) is 114 Å². The number of piperazine rings is 2. The van der Waals surface area contributed by atoms with Crippen molar-refractivity contribution in [3.05, 3.63) is 23.8 Å². The molecule has 3 aromatic heterocycles. The highest BCUT2D eigenvalue weighted by Crippen LogP contribution is 2.26. The molecule has 3 aromatic rings. The zero-order valence-corrected chi connectivity index (χ0v) is 41.5. The van der Waals surface area contributed by atoms with Gasteiger partial charge in [0.05, 0.1) is 68.9 Å². The Hall–Kier alpha value is -5.78. The minimum absolute atomic E-state index is 0. The molecule has 0 radical (unpaired) electrons. The number of anilines is 3. The van der Waals surface area contributed by atoms with E-state index >= 15 is 0 Å². The van der Waals surface area contributed by atoms with Crippen molar-refractivity contribution >= 4 is 54.0 Å². The molecule has 388 valence electrons. The molecule has 2 amide bonds. The van der Waals surface area contributed by atoms with Crippen LogP contribution in [0.25, 0.3) is 0 Å². The van der Waals surface area contributed by atoms with Gasteiger partial charge < -0.3 is 60.8 Å². The van der Waals surface area contributed by atoms with E-state index in [0.29, 0.717) is 146 Å². The predicted molar refractivity (Wildman–Crippen MR) is 259 cm³/mol. The number of ether oxygens (including phenoxy) is 3. The third-order valence-electron chi connectivity index (χ3n) is 11.6. The summed E-state index contributed by atoms with van der Waals surface area (Å²) in [5.74, 6) is 1.49. The van der Waals surface area contributed by atoms with E-state index < -0.39 is 24.0 Å². The molecule has 2 saturated heterocycles. The lowest BCUT2D eigenvalue weighted by molar-refractivity contribution is -0.140. The van der Waals surface area contributed by atoms with Crippen LogP contribution in [0.15, 0.2) is 12.4 Å². The van der Waals surface area contributed by atoms with Crippen LogP contribution in [-0.4, -0.2) is 187 Å². The second kappa shape index (κ2) is 28.8. The summed E-state index contributed by atoms with van der Waals surface area (Å²) in [4.78, 5) is 73.1. The summed E-state index contributed by atoms with van der Waals surface area (Å²) in [6, 6.07) is -2.53. The molecule has 0 spiro atoms. The molecule has 0 saturated carbocycles. The van der Waals surface area contributed by atoms with E-state index in [4.69, 9.17) is 47.1 Å². The number of halogens is 1. The maximum atomic E-state index is 14.1. The number of nitrogens with zero attached hydrogens (tertiary/aromatic N) is 13. The van der Waals surface area contributed by atoms with Crippen LogP contribution in [0.3, 0.4) is 0 Å². The minimum atomic E-state index is -1.03. The number of aliphatic carboxylic acids is 2.